The molecular weight excluding hydrogens is 400 g/mol. The molecule has 0 bridgehead atoms. The van der Waals surface area contributed by atoms with Gasteiger partial charge in [-0.1, -0.05) is 60.7 Å². The summed E-state index contributed by atoms with van der Waals surface area (Å²) in [6.45, 7) is 0.554. The van der Waals surface area contributed by atoms with Gasteiger partial charge < -0.3 is 15.2 Å². The van der Waals surface area contributed by atoms with E-state index in [0.29, 0.717) is 13.0 Å². The molecule has 2 N–H and O–H groups in total. The number of rotatable bonds is 6. The molecule has 0 heterocycles. The van der Waals surface area contributed by atoms with Crippen molar-refractivity contribution in [3.05, 3.63) is 95.1 Å². The Morgan fingerprint density at radius 1 is 1.00 bits per heavy atom. The third-order valence-corrected chi connectivity index (χ3v) is 5.27. The minimum atomic E-state index is -1.02. The van der Waals surface area contributed by atoms with Crippen LogP contribution in [0.1, 0.15) is 29.0 Å². The maximum absolute atomic E-state index is 13.3. The number of ether oxygens (including phenoxy) is 1. The van der Waals surface area contributed by atoms with Crippen LogP contribution in [0, 0.1) is 11.6 Å². The van der Waals surface area contributed by atoms with Gasteiger partial charge in [0, 0.05) is 12.5 Å². The van der Waals surface area contributed by atoms with Gasteiger partial charge in [0.1, 0.15) is 6.61 Å². The summed E-state index contributed by atoms with van der Waals surface area (Å²) < 4.78 is 32.1. The van der Waals surface area contributed by atoms with Crippen LogP contribution in [0.3, 0.4) is 0 Å². The lowest BCUT2D eigenvalue weighted by Crippen LogP contribution is -2.26. The van der Waals surface area contributed by atoms with Crippen molar-refractivity contribution < 1.29 is 23.4 Å². The molecule has 31 heavy (non-hydrogen) atoms. The number of halogens is 2. The van der Waals surface area contributed by atoms with Crippen LogP contribution < -0.4 is 5.32 Å². The predicted octanol–water partition coefficient (Wildman–Crippen LogP) is 5.61. The number of phenolic OH excluding ortho intramolecular Hbond substituents is 1. The first-order chi connectivity index (χ1) is 15.0. The first-order valence-electron chi connectivity index (χ1n) is 9.98. The molecule has 0 aliphatic heterocycles. The topological polar surface area (TPSA) is 58.6 Å². The van der Waals surface area contributed by atoms with Gasteiger partial charge in [0.15, 0.2) is 17.4 Å². The molecule has 0 saturated heterocycles. The number of nitrogens with one attached hydrogen (secondary N) is 1. The highest BCUT2D eigenvalue weighted by atomic mass is 19.1. The Kier molecular flexibility index (Phi) is 5.98. The Labute approximate surface area is 178 Å². The normalized spacial score (nSPS) is 12.6. The van der Waals surface area contributed by atoms with Gasteiger partial charge in [-0.15, -0.1) is 0 Å². The maximum Gasteiger partial charge on any atom is 0.407 e. The average Bonchev–Trinajstić information content (AvgIpc) is 3.09. The highest BCUT2D eigenvalue weighted by molar-refractivity contribution is 5.79. The molecule has 0 unspecified atom stereocenters. The van der Waals surface area contributed by atoms with Gasteiger partial charge in [0.2, 0.25) is 0 Å². The number of aromatic hydroxyl groups is 1. The van der Waals surface area contributed by atoms with Crippen LogP contribution >= 0.6 is 0 Å². The highest BCUT2D eigenvalue weighted by Gasteiger charge is 2.28. The molecule has 1 aliphatic rings. The molecular formula is C25H21F2NO3. The van der Waals surface area contributed by atoms with E-state index in [1.165, 1.54) is 17.2 Å². The van der Waals surface area contributed by atoms with Gasteiger partial charge in [-0.3, -0.25) is 0 Å². The lowest BCUT2D eigenvalue weighted by atomic mass is 9.98. The number of carbonyl (C=O) groups is 1. The van der Waals surface area contributed by atoms with Crippen molar-refractivity contribution in [2.75, 3.05) is 13.2 Å². The molecule has 3 aromatic carbocycles. The Hall–Kier alpha value is -3.67. The SMILES string of the molecule is O=C(NCCC=Cc1cc(F)c(O)c(F)c1)OCC1c2ccccc2-c2ccccc21. The Morgan fingerprint density at radius 3 is 2.19 bits per heavy atom. The van der Waals surface area contributed by atoms with E-state index < -0.39 is 23.5 Å². The first-order valence-corrected chi connectivity index (χ1v) is 9.98. The highest BCUT2D eigenvalue weighted by Crippen LogP contribution is 2.44. The van der Waals surface area contributed by atoms with E-state index in [-0.39, 0.29) is 18.1 Å². The zero-order valence-electron chi connectivity index (χ0n) is 16.6. The maximum atomic E-state index is 13.3. The van der Waals surface area contributed by atoms with Crippen molar-refractivity contribution in [1.29, 1.82) is 0 Å². The van der Waals surface area contributed by atoms with Gasteiger partial charge in [0.25, 0.3) is 0 Å². The number of hydrogen-bond donors (Lipinski definition) is 2. The lowest BCUT2D eigenvalue weighted by Gasteiger charge is -2.14. The summed E-state index contributed by atoms with van der Waals surface area (Å²) in [6, 6.07) is 18.3. The molecule has 4 rings (SSSR count). The number of amides is 1. The van der Waals surface area contributed by atoms with E-state index in [4.69, 9.17) is 9.84 Å². The van der Waals surface area contributed by atoms with Gasteiger partial charge in [-0.2, -0.15) is 0 Å². The molecule has 0 spiro atoms. The molecule has 6 heteroatoms. The molecule has 3 aromatic rings. The fraction of sp³-hybridized carbons (Fsp3) is 0.160. The quantitative estimate of drug-likeness (QED) is 0.509. The third kappa shape index (κ3) is 4.43. The van der Waals surface area contributed by atoms with Gasteiger partial charge in [-0.05, 0) is 46.4 Å². The minimum Gasteiger partial charge on any atom is -0.503 e. The second kappa shape index (κ2) is 9.00. The number of benzene rings is 3. The molecule has 158 valence electrons. The Bertz CT molecular complexity index is 1070. The molecule has 4 nitrogen and oxygen atoms in total. The molecule has 0 atom stereocenters. The van der Waals surface area contributed by atoms with Crippen LogP contribution in [0.25, 0.3) is 17.2 Å². The van der Waals surface area contributed by atoms with Crippen molar-refractivity contribution >= 4 is 12.2 Å². The number of phenols is 1. The predicted molar refractivity (Wildman–Crippen MR) is 115 cm³/mol. The van der Waals surface area contributed by atoms with Crippen molar-refractivity contribution in [3.63, 3.8) is 0 Å². The van der Waals surface area contributed by atoms with E-state index >= 15 is 0 Å². The summed E-state index contributed by atoms with van der Waals surface area (Å²) in [7, 11) is 0. The van der Waals surface area contributed by atoms with Gasteiger partial charge >= 0.3 is 6.09 Å². The molecule has 1 aliphatic carbocycles. The monoisotopic (exact) mass is 421 g/mol. The van der Waals surface area contributed by atoms with Crippen molar-refractivity contribution in [1.82, 2.24) is 5.32 Å². The Balaban J connectivity index is 1.28. The second-order valence-corrected chi connectivity index (χ2v) is 7.28. The summed E-state index contributed by atoms with van der Waals surface area (Å²) in [5.74, 6) is -3.03. The fourth-order valence-electron chi connectivity index (χ4n) is 3.81. The van der Waals surface area contributed by atoms with E-state index in [0.717, 1.165) is 23.3 Å². The fourth-order valence-corrected chi connectivity index (χ4v) is 3.81. The zero-order valence-corrected chi connectivity index (χ0v) is 16.6. The van der Waals surface area contributed by atoms with Crippen LogP contribution in [-0.2, 0) is 4.74 Å². The molecule has 0 aromatic heterocycles. The molecule has 0 saturated carbocycles. The smallest absolute Gasteiger partial charge is 0.407 e. The van der Waals surface area contributed by atoms with E-state index in [2.05, 4.69) is 29.6 Å². The van der Waals surface area contributed by atoms with Crippen molar-refractivity contribution in [3.8, 4) is 16.9 Å². The van der Waals surface area contributed by atoms with E-state index in [9.17, 15) is 13.6 Å². The van der Waals surface area contributed by atoms with Crippen LogP contribution in [-0.4, -0.2) is 24.4 Å². The summed E-state index contributed by atoms with van der Waals surface area (Å²) in [6.07, 6.45) is 3.13. The van der Waals surface area contributed by atoms with Crippen LogP contribution in [0.15, 0.2) is 66.7 Å². The van der Waals surface area contributed by atoms with Crippen LogP contribution in [0.2, 0.25) is 0 Å². The number of fused-ring (bicyclic) bond motifs is 3. The number of hydrogen-bond acceptors (Lipinski definition) is 3. The number of alkyl carbamates (subject to hydrolysis) is 1. The largest absolute Gasteiger partial charge is 0.503 e. The minimum absolute atomic E-state index is 0.00247. The van der Waals surface area contributed by atoms with Crippen molar-refractivity contribution in [2.24, 2.45) is 0 Å². The van der Waals surface area contributed by atoms with E-state index in [1.54, 1.807) is 6.08 Å². The van der Waals surface area contributed by atoms with E-state index in [1.807, 2.05) is 24.3 Å². The summed E-state index contributed by atoms with van der Waals surface area (Å²) in [5, 5.41) is 11.8. The summed E-state index contributed by atoms with van der Waals surface area (Å²) >= 11 is 0. The standard InChI is InChI=1S/C25H21F2NO3/c26-22-13-16(14-23(27)24(22)29)7-5-6-12-28-25(30)31-15-21-19-10-3-1-8-17(19)18-9-2-4-11-20(18)21/h1-5,7-11,13-14,21,29H,6,12,15H2,(H,28,30). The summed E-state index contributed by atoms with van der Waals surface area (Å²) in [5.41, 5.74) is 4.91. The Morgan fingerprint density at radius 2 is 1.58 bits per heavy atom. The van der Waals surface area contributed by atoms with Crippen LogP contribution in [0.5, 0.6) is 5.75 Å². The lowest BCUT2D eigenvalue weighted by molar-refractivity contribution is 0.143. The zero-order chi connectivity index (χ0) is 21.8. The molecule has 1 amide bonds. The van der Waals surface area contributed by atoms with Gasteiger partial charge in [-0.25, -0.2) is 13.6 Å². The second-order valence-electron chi connectivity index (χ2n) is 7.28. The van der Waals surface area contributed by atoms with Crippen molar-refractivity contribution in [2.45, 2.75) is 12.3 Å². The summed E-state index contributed by atoms with van der Waals surface area (Å²) in [4.78, 5) is 12.1. The van der Waals surface area contributed by atoms with Crippen LogP contribution in [0.4, 0.5) is 13.6 Å². The van der Waals surface area contributed by atoms with Gasteiger partial charge in [0.05, 0.1) is 0 Å². The third-order valence-electron chi connectivity index (χ3n) is 5.27. The average molecular weight is 421 g/mol. The first kappa shape index (κ1) is 20.6. The molecule has 0 fully saturated rings. The molecule has 0 radical (unpaired) electrons. The number of carbonyl (C=O) groups excluding carboxylic acids is 1.